The van der Waals surface area contributed by atoms with Gasteiger partial charge in [-0.25, -0.2) is 0 Å². The van der Waals surface area contributed by atoms with Crippen molar-refractivity contribution in [3.63, 3.8) is 0 Å². The fraction of sp³-hybridized carbons (Fsp3) is 0.909. The molecule has 0 saturated heterocycles. The maximum atomic E-state index is 11.3. The number of hydrogen-bond donors (Lipinski definition) is 2. The predicted molar refractivity (Wildman–Crippen MR) is 59.7 cm³/mol. The Kier molecular flexibility index (Phi) is 5.65. The Bertz CT molecular complexity index is 191. The molecule has 1 rings (SSSR count). The van der Waals surface area contributed by atoms with E-state index in [1.807, 2.05) is 0 Å². The van der Waals surface area contributed by atoms with E-state index in [9.17, 15) is 4.79 Å². The Morgan fingerprint density at radius 2 is 2.20 bits per heavy atom. The smallest absolute Gasteiger partial charge is 0.233 e. The van der Waals surface area contributed by atoms with E-state index in [2.05, 4.69) is 17.6 Å². The van der Waals surface area contributed by atoms with E-state index in [1.54, 1.807) is 7.11 Å². The number of ether oxygens (including phenoxy) is 1. The largest absolute Gasteiger partial charge is 0.381 e. The Balaban J connectivity index is 1.94. The van der Waals surface area contributed by atoms with Crippen LogP contribution in [0.2, 0.25) is 0 Å². The number of nitrogens with one attached hydrogen (secondary N) is 2. The molecule has 0 radical (unpaired) electrons. The number of rotatable bonds is 7. The average molecular weight is 214 g/mol. The highest BCUT2D eigenvalue weighted by Crippen LogP contribution is 2.21. The van der Waals surface area contributed by atoms with Gasteiger partial charge in [-0.2, -0.15) is 0 Å². The molecular weight excluding hydrogens is 192 g/mol. The van der Waals surface area contributed by atoms with Gasteiger partial charge >= 0.3 is 0 Å². The summed E-state index contributed by atoms with van der Waals surface area (Å²) < 4.78 is 5.16. The van der Waals surface area contributed by atoms with Crippen LogP contribution in [0, 0.1) is 0 Å². The molecule has 1 saturated carbocycles. The Labute approximate surface area is 91.8 Å². The molecule has 1 aliphatic rings. The van der Waals surface area contributed by atoms with Crippen molar-refractivity contribution < 1.29 is 9.53 Å². The zero-order valence-corrected chi connectivity index (χ0v) is 9.71. The Morgan fingerprint density at radius 3 is 2.80 bits per heavy atom. The number of unbranched alkanes of at least 4 members (excludes halogenated alkanes) is 1. The first-order chi connectivity index (χ1) is 7.26. The zero-order chi connectivity index (χ0) is 11.1. The lowest BCUT2D eigenvalue weighted by Crippen LogP contribution is -2.48. The number of hydrogen-bond acceptors (Lipinski definition) is 3. The first-order valence-electron chi connectivity index (χ1n) is 5.79. The molecule has 4 nitrogen and oxygen atoms in total. The van der Waals surface area contributed by atoms with Crippen LogP contribution in [0.15, 0.2) is 0 Å². The van der Waals surface area contributed by atoms with Crippen LogP contribution in [0.1, 0.15) is 32.6 Å². The van der Waals surface area contributed by atoms with Gasteiger partial charge in [0.25, 0.3) is 0 Å². The fourth-order valence-electron chi connectivity index (χ4n) is 1.63. The molecule has 88 valence electrons. The van der Waals surface area contributed by atoms with E-state index in [-0.39, 0.29) is 5.91 Å². The predicted octanol–water partition coefficient (Wildman–Crippen LogP) is 0.670. The van der Waals surface area contributed by atoms with Crippen molar-refractivity contribution in [1.82, 2.24) is 10.6 Å². The molecule has 0 aromatic rings. The monoisotopic (exact) mass is 214 g/mol. The molecule has 4 heteroatoms. The van der Waals surface area contributed by atoms with Gasteiger partial charge < -0.3 is 15.4 Å². The van der Waals surface area contributed by atoms with Crippen LogP contribution in [0.5, 0.6) is 0 Å². The number of methoxy groups -OCH3 is 1. The van der Waals surface area contributed by atoms with Crippen LogP contribution >= 0.6 is 0 Å². The summed E-state index contributed by atoms with van der Waals surface area (Å²) in [6.07, 6.45) is 4.62. The molecule has 0 heterocycles. The second-order valence-corrected chi connectivity index (χ2v) is 4.11. The van der Waals surface area contributed by atoms with Crippen LogP contribution in [-0.2, 0) is 9.53 Å². The summed E-state index contributed by atoms with van der Waals surface area (Å²) in [5, 5.41) is 6.10. The lowest BCUT2D eigenvalue weighted by Gasteiger charge is -2.34. The molecule has 15 heavy (non-hydrogen) atoms. The third-order valence-corrected chi connectivity index (χ3v) is 2.83. The average Bonchev–Trinajstić information content (AvgIpc) is 2.16. The van der Waals surface area contributed by atoms with Crippen LogP contribution < -0.4 is 10.6 Å². The quantitative estimate of drug-likeness (QED) is 0.612. The van der Waals surface area contributed by atoms with E-state index in [4.69, 9.17) is 4.74 Å². The summed E-state index contributed by atoms with van der Waals surface area (Å²) in [5.74, 6) is 0.101. The first kappa shape index (κ1) is 12.5. The summed E-state index contributed by atoms with van der Waals surface area (Å²) in [6.45, 7) is 3.34. The minimum absolute atomic E-state index is 0.101. The minimum Gasteiger partial charge on any atom is -0.381 e. The van der Waals surface area contributed by atoms with E-state index < -0.39 is 0 Å². The zero-order valence-electron chi connectivity index (χ0n) is 9.71. The van der Waals surface area contributed by atoms with Crippen molar-refractivity contribution >= 4 is 5.91 Å². The van der Waals surface area contributed by atoms with E-state index in [0.717, 1.165) is 32.2 Å². The van der Waals surface area contributed by atoms with Gasteiger partial charge in [-0.3, -0.25) is 4.79 Å². The summed E-state index contributed by atoms with van der Waals surface area (Å²) in [4.78, 5) is 11.3. The molecular formula is C11H22N2O2. The third-order valence-electron chi connectivity index (χ3n) is 2.83. The highest BCUT2D eigenvalue weighted by Gasteiger charge is 2.28. The molecule has 0 unspecified atom stereocenters. The van der Waals surface area contributed by atoms with Crippen molar-refractivity contribution in [2.24, 2.45) is 0 Å². The molecule has 0 aliphatic heterocycles. The summed E-state index contributed by atoms with van der Waals surface area (Å²) in [6, 6.07) is 0.465. The molecule has 0 spiro atoms. The van der Waals surface area contributed by atoms with Crippen molar-refractivity contribution in [2.75, 3.05) is 20.2 Å². The summed E-state index contributed by atoms with van der Waals surface area (Å²) >= 11 is 0. The van der Waals surface area contributed by atoms with Gasteiger partial charge in [-0.15, -0.1) is 0 Å². The molecule has 0 atom stereocenters. The molecule has 0 bridgehead atoms. The van der Waals surface area contributed by atoms with Crippen LogP contribution in [0.4, 0.5) is 0 Å². The maximum absolute atomic E-state index is 11.3. The Hall–Kier alpha value is -0.610. The SMILES string of the molecule is CCCCNC(=O)CNC1CC(OC)C1. The third kappa shape index (κ3) is 4.62. The molecule has 0 aromatic heterocycles. The fourth-order valence-corrected chi connectivity index (χ4v) is 1.63. The van der Waals surface area contributed by atoms with Crippen molar-refractivity contribution in [2.45, 2.75) is 44.8 Å². The highest BCUT2D eigenvalue weighted by atomic mass is 16.5. The van der Waals surface area contributed by atoms with Crippen LogP contribution in [0.25, 0.3) is 0 Å². The van der Waals surface area contributed by atoms with Gasteiger partial charge in [0.2, 0.25) is 5.91 Å². The number of carbonyl (C=O) groups is 1. The molecule has 1 amide bonds. The van der Waals surface area contributed by atoms with Gasteiger partial charge in [0.05, 0.1) is 12.6 Å². The van der Waals surface area contributed by atoms with E-state index in [1.165, 1.54) is 0 Å². The number of carbonyl (C=O) groups excluding carboxylic acids is 1. The highest BCUT2D eigenvalue weighted by molar-refractivity contribution is 5.77. The standard InChI is InChI=1S/C11H22N2O2/c1-3-4-5-12-11(14)8-13-9-6-10(7-9)15-2/h9-10,13H,3-8H2,1-2H3,(H,12,14). The minimum atomic E-state index is 0.101. The van der Waals surface area contributed by atoms with Crippen molar-refractivity contribution in [3.05, 3.63) is 0 Å². The molecule has 1 aliphatic carbocycles. The normalized spacial score (nSPS) is 24.7. The topological polar surface area (TPSA) is 50.4 Å². The lowest BCUT2D eigenvalue weighted by molar-refractivity contribution is -0.120. The van der Waals surface area contributed by atoms with Crippen molar-refractivity contribution in [3.8, 4) is 0 Å². The molecule has 1 fully saturated rings. The van der Waals surface area contributed by atoms with Gasteiger partial charge in [0, 0.05) is 19.7 Å². The number of amides is 1. The van der Waals surface area contributed by atoms with Gasteiger partial charge in [-0.1, -0.05) is 13.3 Å². The van der Waals surface area contributed by atoms with E-state index >= 15 is 0 Å². The maximum Gasteiger partial charge on any atom is 0.233 e. The molecule has 2 N–H and O–H groups in total. The van der Waals surface area contributed by atoms with Gasteiger partial charge in [0.15, 0.2) is 0 Å². The lowest BCUT2D eigenvalue weighted by atomic mass is 9.89. The summed E-state index contributed by atoms with van der Waals surface area (Å²) in [7, 11) is 1.73. The van der Waals surface area contributed by atoms with Gasteiger partial charge in [-0.05, 0) is 19.3 Å². The van der Waals surface area contributed by atoms with Crippen molar-refractivity contribution in [1.29, 1.82) is 0 Å². The van der Waals surface area contributed by atoms with E-state index in [0.29, 0.717) is 18.7 Å². The van der Waals surface area contributed by atoms with Gasteiger partial charge in [0.1, 0.15) is 0 Å². The van der Waals surface area contributed by atoms with Crippen LogP contribution in [-0.4, -0.2) is 38.3 Å². The second kappa shape index (κ2) is 6.80. The summed E-state index contributed by atoms with van der Waals surface area (Å²) in [5.41, 5.74) is 0. The Morgan fingerprint density at radius 1 is 1.47 bits per heavy atom. The molecule has 0 aromatic carbocycles. The van der Waals surface area contributed by atoms with Crippen LogP contribution in [0.3, 0.4) is 0 Å². The second-order valence-electron chi connectivity index (χ2n) is 4.11. The first-order valence-corrected chi connectivity index (χ1v) is 5.79.